The van der Waals surface area contributed by atoms with Gasteiger partial charge in [-0.25, -0.2) is 23.5 Å². The summed E-state index contributed by atoms with van der Waals surface area (Å²) in [6, 6.07) is 15.1. The fraction of sp³-hybridized carbons (Fsp3) is 0.211. The van der Waals surface area contributed by atoms with E-state index in [0.29, 0.717) is 23.0 Å². The molecule has 1 aliphatic heterocycles. The van der Waals surface area contributed by atoms with E-state index in [-0.39, 0.29) is 11.8 Å². The number of primary sulfonamides is 1. The van der Waals surface area contributed by atoms with Gasteiger partial charge in [-0.05, 0) is 35.2 Å². The Morgan fingerprint density at radius 2 is 2.00 bits per heavy atom. The van der Waals surface area contributed by atoms with Gasteiger partial charge in [0, 0.05) is 12.2 Å². The Labute approximate surface area is 163 Å². The number of hydrogen-bond acceptors (Lipinski definition) is 7. The highest BCUT2D eigenvalue weighted by molar-refractivity contribution is 7.88. The van der Waals surface area contributed by atoms with Crippen LogP contribution in [0.5, 0.6) is 0 Å². The number of nitrogens with two attached hydrogens (primary N) is 1. The zero-order valence-electron chi connectivity index (χ0n) is 15.0. The normalized spacial score (nSPS) is 16.4. The third-order valence-electron chi connectivity index (χ3n) is 4.51. The first kappa shape index (κ1) is 18.5. The van der Waals surface area contributed by atoms with Crippen LogP contribution in [0.2, 0.25) is 0 Å². The first-order valence-corrected chi connectivity index (χ1v) is 10.6. The molecule has 1 aliphatic rings. The van der Waals surface area contributed by atoms with Crippen LogP contribution in [0.15, 0.2) is 54.9 Å². The number of aromatic nitrogens is 3. The SMILES string of the molecule is NS(=O)(=O)Cc1cccc(Nc2ncnc(C3NCCc4ccccc43)n2)c1. The Balaban J connectivity index is 1.58. The molecule has 0 bridgehead atoms. The second-order valence-electron chi connectivity index (χ2n) is 6.64. The molecule has 0 fully saturated rings. The van der Waals surface area contributed by atoms with Crippen molar-refractivity contribution in [2.24, 2.45) is 5.14 Å². The third kappa shape index (κ3) is 4.33. The van der Waals surface area contributed by atoms with Crippen LogP contribution in [0.3, 0.4) is 0 Å². The van der Waals surface area contributed by atoms with Gasteiger partial charge in [-0.3, -0.25) is 0 Å². The maximum atomic E-state index is 11.3. The van der Waals surface area contributed by atoms with E-state index in [1.54, 1.807) is 18.2 Å². The number of benzene rings is 2. The standard InChI is InChI=1S/C19H20N6O2S/c20-28(26,27)11-13-4-3-6-15(10-13)24-19-23-12-22-18(25-19)17-16-7-2-1-5-14(16)8-9-21-17/h1-7,10,12,17,21H,8-9,11H2,(H2,20,26,27)(H,22,23,24,25). The zero-order valence-corrected chi connectivity index (χ0v) is 15.9. The van der Waals surface area contributed by atoms with Gasteiger partial charge in [0.2, 0.25) is 16.0 Å². The second-order valence-corrected chi connectivity index (χ2v) is 8.25. The lowest BCUT2D eigenvalue weighted by atomic mass is 9.94. The fourth-order valence-corrected chi connectivity index (χ4v) is 3.99. The second kappa shape index (κ2) is 7.63. The van der Waals surface area contributed by atoms with E-state index in [0.717, 1.165) is 13.0 Å². The molecule has 28 heavy (non-hydrogen) atoms. The monoisotopic (exact) mass is 396 g/mol. The van der Waals surface area contributed by atoms with Crippen molar-refractivity contribution in [1.29, 1.82) is 0 Å². The molecule has 0 aliphatic carbocycles. The maximum Gasteiger partial charge on any atom is 0.230 e. The smallest absolute Gasteiger partial charge is 0.230 e. The van der Waals surface area contributed by atoms with Crippen molar-refractivity contribution >= 4 is 21.7 Å². The summed E-state index contributed by atoms with van der Waals surface area (Å²) >= 11 is 0. The van der Waals surface area contributed by atoms with Gasteiger partial charge < -0.3 is 10.6 Å². The quantitative estimate of drug-likeness (QED) is 0.599. The molecule has 2 heterocycles. The fourth-order valence-electron chi connectivity index (χ4n) is 3.34. The molecule has 1 unspecified atom stereocenters. The Kier molecular flexibility index (Phi) is 5.03. The van der Waals surface area contributed by atoms with Crippen LogP contribution < -0.4 is 15.8 Å². The van der Waals surface area contributed by atoms with E-state index < -0.39 is 10.0 Å². The van der Waals surface area contributed by atoms with E-state index in [1.165, 1.54) is 17.5 Å². The lowest BCUT2D eigenvalue weighted by Crippen LogP contribution is -2.32. The summed E-state index contributed by atoms with van der Waals surface area (Å²) in [7, 11) is -3.59. The van der Waals surface area contributed by atoms with Crippen molar-refractivity contribution in [2.75, 3.05) is 11.9 Å². The highest BCUT2D eigenvalue weighted by atomic mass is 32.2. The number of hydrogen-bond donors (Lipinski definition) is 3. The zero-order chi connectivity index (χ0) is 19.6. The van der Waals surface area contributed by atoms with Crippen molar-refractivity contribution in [3.8, 4) is 0 Å². The molecule has 1 aromatic heterocycles. The lowest BCUT2D eigenvalue weighted by Gasteiger charge is -2.25. The minimum Gasteiger partial charge on any atom is -0.324 e. The molecule has 144 valence electrons. The van der Waals surface area contributed by atoms with Crippen LogP contribution in [-0.4, -0.2) is 29.9 Å². The molecular weight excluding hydrogens is 376 g/mol. The highest BCUT2D eigenvalue weighted by Gasteiger charge is 2.23. The van der Waals surface area contributed by atoms with Crippen LogP contribution in [-0.2, 0) is 22.2 Å². The average Bonchev–Trinajstić information content (AvgIpc) is 2.67. The summed E-state index contributed by atoms with van der Waals surface area (Å²) in [4.78, 5) is 13.1. The van der Waals surface area contributed by atoms with Gasteiger partial charge in [0.25, 0.3) is 0 Å². The third-order valence-corrected chi connectivity index (χ3v) is 5.24. The Morgan fingerprint density at radius 1 is 1.14 bits per heavy atom. The Bertz CT molecular complexity index is 1100. The Morgan fingerprint density at radius 3 is 2.86 bits per heavy atom. The van der Waals surface area contributed by atoms with E-state index in [1.807, 2.05) is 18.2 Å². The number of rotatable bonds is 5. The first-order chi connectivity index (χ1) is 13.5. The topological polar surface area (TPSA) is 123 Å². The molecule has 0 saturated heterocycles. The van der Waals surface area contributed by atoms with Crippen LogP contribution in [0.4, 0.5) is 11.6 Å². The van der Waals surface area contributed by atoms with E-state index >= 15 is 0 Å². The summed E-state index contributed by atoms with van der Waals surface area (Å²) < 4.78 is 22.6. The predicted molar refractivity (Wildman–Crippen MR) is 106 cm³/mol. The minimum atomic E-state index is -3.59. The van der Waals surface area contributed by atoms with E-state index in [9.17, 15) is 8.42 Å². The number of nitrogens with zero attached hydrogens (tertiary/aromatic N) is 3. The minimum absolute atomic E-state index is 0.0952. The van der Waals surface area contributed by atoms with Crippen molar-refractivity contribution in [1.82, 2.24) is 20.3 Å². The lowest BCUT2D eigenvalue weighted by molar-refractivity contribution is 0.542. The predicted octanol–water partition coefficient (Wildman–Crippen LogP) is 1.64. The summed E-state index contributed by atoms with van der Waals surface area (Å²) in [5.74, 6) is 0.793. The number of nitrogens with one attached hydrogen (secondary N) is 2. The average molecular weight is 396 g/mol. The first-order valence-electron chi connectivity index (χ1n) is 8.84. The summed E-state index contributed by atoms with van der Waals surface area (Å²) in [6.07, 6.45) is 2.44. The molecular formula is C19H20N6O2S. The maximum absolute atomic E-state index is 11.3. The Hall–Kier alpha value is -2.88. The number of sulfonamides is 1. The molecule has 1 atom stereocenters. The number of fused-ring (bicyclic) bond motifs is 1. The van der Waals surface area contributed by atoms with Gasteiger partial charge in [0.15, 0.2) is 5.82 Å². The van der Waals surface area contributed by atoms with Crippen molar-refractivity contribution < 1.29 is 8.42 Å². The molecule has 0 spiro atoms. The van der Waals surface area contributed by atoms with Gasteiger partial charge >= 0.3 is 0 Å². The molecule has 4 rings (SSSR count). The summed E-state index contributed by atoms with van der Waals surface area (Å²) in [5, 5.41) is 11.7. The van der Waals surface area contributed by atoms with Gasteiger partial charge in [0.1, 0.15) is 6.33 Å². The summed E-state index contributed by atoms with van der Waals surface area (Å²) in [6.45, 7) is 0.853. The van der Waals surface area contributed by atoms with Crippen LogP contribution in [0.25, 0.3) is 0 Å². The molecule has 0 radical (unpaired) electrons. The molecule has 9 heteroatoms. The van der Waals surface area contributed by atoms with Crippen molar-refractivity contribution in [3.63, 3.8) is 0 Å². The molecule has 4 N–H and O–H groups in total. The van der Waals surface area contributed by atoms with Crippen LogP contribution in [0, 0.1) is 0 Å². The van der Waals surface area contributed by atoms with Gasteiger partial charge in [-0.15, -0.1) is 0 Å². The molecule has 2 aromatic carbocycles. The molecule has 0 saturated carbocycles. The van der Waals surface area contributed by atoms with Crippen LogP contribution >= 0.6 is 0 Å². The molecule has 8 nitrogen and oxygen atoms in total. The van der Waals surface area contributed by atoms with Gasteiger partial charge in [-0.2, -0.15) is 4.98 Å². The van der Waals surface area contributed by atoms with Gasteiger partial charge in [0.05, 0.1) is 11.8 Å². The highest BCUT2D eigenvalue weighted by Crippen LogP contribution is 2.27. The van der Waals surface area contributed by atoms with E-state index in [2.05, 4.69) is 37.7 Å². The largest absolute Gasteiger partial charge is 0.324 e. The molecule has 3 aromatic rings. The molecule has 0 amide bonds. The van der Waals surface area contributed by atoms with Crippen molar-refractivity contribution in [3.05, 3.63) is 77.4 Å². The van der Waals surface area contributed by atoms with Gasteiger partial charge in [-0.1, -0.05) is 36.4 Å². The van der Waals surface area contributed by atoms with Crippen molar-refractivity contribution in [2.45, 2.75) is 18.2 Å². The summed E-state index contributed by atoms with van der Waals surface area (Å²) in [5.41, 5.74) is 3.72. The van der Waals surface area contributed by atoms with Crippen LogP contribution in [0.1, 0.15) is 28.6 Å². The number of anilines is 2. The van der Waals surface area contributed by atoms with E-state index in [4.69, 9.17) is 5.14 Å².